The van der Waals surface area contributed by atoms with Crippen molar-refractivity contribution >= 4 is 39.3 Å². The van der Waals surface area contributed by atoms with E-state index in [9.17, 15) is 20.2 Å². The van der Waals surface area contributed by atoms with Gasteiger partial charge in [0, 0.05) is 27.9 Å². The monoisotopic (exact) mass is 477 g/mol. The lowest BCUT2D eigenvalue weighted by Gasteiger charge is -2.10. The number of halogens is 1. The number of rotatable bonds is 7. The van der Waals surface area contributed by atoms with Gasteiger partial charge < -0.3 is 10.1 Å². The van der Waals surface area contributed by atoms with Gasteiger partial charge in [-0.2, -0.15) is 5.26 Å². The molecule has 0 saturated carbocycles. The van der Waals surface area contributed by atoms with E-state index in [2.05, 4.69) is 21.2 Å². The highest BCUT2D eigenvalue weighted by molar-refractivity contribution is 9.10. The number of nitriles is 1. The number of para-hydroxylation sites is 1. The zero-order valence-electron chi connectivity index (χ0n) is 16.1. The molecule has 0 spiro atoms. The Hall–Kier alpha value is -3.96. The van der Waals surface area contributed by atoms with E-state index in [1.165, 1.54) is 18.2 Å². The average molecular weight is 478 g/mol. The van der Waals surface area contributed by atoms with Crippen molar-refractivity contribution in [2.24, 2.45) is 0 Å². The average Bonchev–Trinajstić information content (AvgIpc) is 2.78. The molecular weight excluding hydrogens is 462 g/mol. The fraction of sp³-hybridized carbons (Fsp3) is 0.0435. The molecule has 0 unspecified atom stereocenters. The number of hydrogen-bond acceptors (Lipinski definition) is 5. The number of carbonyl (C=O) groups is 1. The molecule has 0 radical (unpaired) electrons. The number of ether oxygens (including phenoxy) is 1. The second-order valence-electron chi connectivity index (χ2n) is 6.38. The highest BCUT2D eigenvalue weighted by atomic mass is 79.9. The van der Waals surface area contributed by atoms with Gasteiger partial charge in [-0.15, -0.1) is 0 Å². The number of benzene rings is 3. The van der Waals surface area contributed by atoms with E-state index in [0.29, 0.717) is 22.6 Å². The van der Waals surface area contributed by atoms with E-state index < -0.39 is 10.8 Å². The number of carbonyl (C=O) groups excluding carboxylic acids is 1. The van der Waals surface area contributed by atoms with Crippen molar-refractivity contribution in [3.63, 3.8) is 0 Å². The molecule has 1 N–H and O–H groups in total. The third kappa shape index (κ3) is 6.01. The molecule has 7 nitrogen and oxygen atoms in total. The molecule has 0 saturated heterocycles. The molecule has 1 amide bonds. The van der Waals surface area contributed by atoms with Gasteiger partial charge in [0.25, 0.3) is 11.6 Å². The molecule has 0 bridgehead atoms. The van der Waals surface area contributed by atoms with Gasteiger partial charge >= 0.3 is 0 Å². The molecule has 154 valence electrons. The summed E-state index contributed by atoms with van der Waals surface area (Å²) in [4.78, 5) is 23.0. The van der Waals surface area contributed by atoms with Gasteiger partial charge in [0.15, 0.2) is 0 Å². The lowest BCUT2D eigenvalue weighted by molar-refractivity contribution is -0.384. The maximum atomic E-state index is 12.5. The van der Waals surface area contributed by atoms with E-state index in [1.807, 2.05) is 6.07 Å². The third-order valence-electron chi connectivity index (χ3n) is 4.20. The molecule has 0 fully saturated rings. The number of anilines is 1. The molecule has 0 atom stereocenters. The summed E-state index contributed by atoms with van der Waals surface area (Å²) in [5.74, 6) is -0.100. The van der Waals surface area contributed by atoms with E-state index in [-0.39, 0.29) is 17.9 Å². The first-order chi connectivity index (χ1) is 15.0. The Morgan fingerprint density at radius 1 is 1.13 bits per heavy atom. The second kappa shape index (κ2) is 10.2. The van der Waals surface area contributed by atoms with Crippen LogP contribution in [0.2, 0.25) is 0 Å². The smallest absolute Gasteiger partial charge is 0.269 e. The Bertz CT molecular complexity index is 1180. The highest BCUT2D eigenvalue weighted by Gasteiger charge is 2.12. The van der Waals surface area contributed by atoms with Gasteiger partial charge in [-0.25, -0.2) is 0 Å². The number of nitro benzene ring substituents is 1. The number of nitrogens with one attached hydrogen (secondary N) is 1. The third-order valence-corrected chi connectivity index (χ3v) is 4.73. The fourth-order valence-electron chi connectivity index (χ4n) is 2.69. The van der Waals surface area contributed by atoms with Gasteiger partial charge in [-0.1, -0.05) is 46.3 Å². The van der Waals surface area contributed by atoms with Gasteiger partial charge in [0.1, 0.15) is 24.0 Å². The molecule has 3 aromatic carbocycles. The zero-order valence-corrected chi connectivity index (χ0v) is 17.7. The maximum absolute atomic E-state index is 12.5. The Kier molecular flexibility index (Phi) is 7.14. The molecule has 0 aliphatic carbocycles. The number of non-ortho nitro benzene ring substituents is 1. The van der Waals surface area contributed by atoms with Gasteiger partial charge in [-0.05, 0) is 42.0 Å². The minimum absolute atomic E-state index is 0.0225. The summed E-state index contributed by atoms with van der Waals surface area (Å²) in [6, 6.07) is 22.0. The van der Waals surface area contributed by atoms with Crippen LogP contribution in [0.25, 0.3) is 6.08 Å². The van der Waals surface area contributed by atoms with E-state index >= 15 is 0 Å². The van der Waals surface area contributed by atoms with Crippen molar-refractivity contribution in [2.75, 3.05) is 5.32 Å². The fourth-order valence-corrected chi connectivity index (χ4v) is 2.95. The first-order valence-corrected chi connectivity index (χ1v) is 9.89. The Balaban J connectivity index is 1.77. The predicted molar refractivity (Wildman–Crippen MR) is 120 cm³/mol. The Morgan fingerprint density at radius 3 is 2.58 bits per heavy atom. The van der Waals surface area contributed by atoms with Crippen molar-refractivity contribution in [3.8, 4) is 11.8 Å². The van der Waals surface area contributed by atoms with Crippen molar-refractivity contribution < 1.29 is 14.5 Å². The minimum atomic E-state index is -0.543. The lowest BCUT2D eigenvalue weighted by atomic mass is 10.1. The largest absolute Gasteiger partial charge is 0.488 e. The number of hydrogen-bond donors (Lipinski definition) is 1. The second-order valence-corrected chi connectivity index (χ2v) is 7.30. The van der Waals surface area contributed by atoms with Crippen molar-refractivity contribution in [1.29, 1.82) is 5.26 Å². The molecular formula is C23H16BrN3O4. The molecule has 0 aromatic heterocycles. The standard InChI is InChI=1S/C23H16BrN3O4/c24-19-8-10-20(11-9-19)26-23(28)18(14-25)13-17-5-1-2-7-22(17)31-15-16-4-3-6-21(12-16)27(29)30/h1-13H,15H2,(H,26,28)/b18-13+. The van der Waals surface area contributed by atoms with Crippen LogP contribution in [0.4, 0.5) is 11.4 Å². The summed E-state index contributed by atoms with van der Waals surface area (Å²) in [5, 5.41) is 23.1. The van der Waals surface area contributed by atoms with Crippen LogP contribution in [0, 0.1) is 21.4 Å². The molecule has 0 aliphatic rings. The van der Waals surface area contributed by atoms with Crippen LogP contribution in [-0.4, -0.2) is 10.8 Å². The van der Waals surface area contributed by atoms with E-state index in [4.69, 9.17) is 4.74 Å². The first kappa shape index (κ1) is 21.7. The van der Waals surface area contributed by atoms with Crippen molar-refractivity contribution in [1.82, 2.24) is 0 Å². The summed E-state index contributed by atoms with van der Waals surface area (Å²) < 4.78 is 6.67. The summed E-state index contributed by atoms with van der Waals surface area (Å²) in [7, 11) is 0. The van der Waals surface area contributed by atoms with E-state index in [0.717, 1.165) is 4.47 Å². The zero-order chi connectivity index (χ0) is 22.2. The van der Waals surface area contributed by atoms with Crippen LogP contribution in [0.5, 0.6) is 5.75 Å². The highest BCUT2D eigenvalue weighted by Crippen LogP contribution is 2.24. The number of nitrogens with zero attached hydrogens (tertiary/aromatic N) is 2. The Morgan fingerprint density at radius 2 is 1.87 bits per heavy atom. The SMILES string of the molecule is N#C/C(=C\c1ccccc1OCc1cccc([N+](=O)[O-])c1)C(=O)Nc1ccc(Br)cc1. The minimum Gasteiger partial charge on any atom is -0.488 e. The lowest BCUT2D eigenvalue weighted by Crippen LogP contribution is -2.13. The van der Waals surface area contributed by atoms with E-state index in [1.54, 1.807) is 60.7 Å². The van der Waals surface area contributed by atoms with Gasteiger partial charge in [0.05, 0.1) is 4.92 Å². The molecule has 0 aliphatic heterocycles. The molecule has 3 rings (SSSR count). The molecule has 8 heteroatoms. The van der Waals surface area contributed by atoms with Gasteiger partial charge in [0.2, 0.25) is 0 Å². The van der Waals surface area contributed by atoms with Crippen LogP contribution in [0.1, 0.15) is 11.1 Å². The number of nitro groups is 1. The molecule has 31 heavy (non-hydrogen) atoms. The molecule has 3 aromatic rings. The number of amides is 1. The quantitative estimate of drug-likeness (QED) is 0.210. The summed E-state index contributed by atoms with van der Waals surface area (Å²) in [5.41, 5.74) is 1.61. The van der Waals surface area contributed by atoms with Crippen molar-refractivity contribution in [3.05, 3.63) is 104 Å². The molecule has 0 heterocycles. The van der Waals surface area contributed by atoms with Gasteiger partial charge in [-0.3, -0.25) is 14.9 Å². The van der Waals surface area contributed by atoms with Crippen LogP contribution < -0.4 is 10.1 Å². The summed E-state index contributed by atoms with van der Waals surface area (Å²) >= 11 is 3.33. The van der Waals surface area contributed by atoms with Crippen molar-refractivity contribution in [2.45, 2.75) is 6.61 Å². The Labute approximate surface area is 186 Å². The summed E-state index contributed by atoms with van der Waals surface area (Å²) in [6.45, 7) is 0.0967. The maximum Gasteiger partial charge on any atom is 0.269 e. The normalized spacial score (nSPS) is 10.8. The van der Waals surface area contributed by atoms with Crippen LogP contribution >= 0.6 is 15.9 Å². The van der Waals surface area contributed by atoms with Crippen LogP contribution in [0.3, 0.4) is 0 Å². The van der Waals surface area contributed by atoms with Crippen LogP contribution in [0.15, 0.2) is 82.8 Å². The van der Waals surface area contributed by atoms with Crippen LogP contribution in [-0.2, 0) is 11.4 Å². The predicted octanol–water partition coefficient (Wildman–Crippen LogP) is 5.48. The topological polar surface area (TPSA) is 105 Å². The first-order valence-electron chi connectivity index (χ1n) is 9.10. The summed E-state index contributed by atoms with van der Waals surface area (Å²) in [6.07, 6.45) is 1.44.